The number of hydrogen-bond acceptors (Lipinski definition) is 2. The molecule has 0 bridgehead atoms. The minimum absolute atomic E-state index is 0.159. The Bertz CT molecular complexity index is 314. The number of Topliss-reactive ketones (excluding diaryl/α,β-unsaturated/α-hetero) is 1. The lowest BCUT2D eigenvalue weighted by Gasteiger charge is -2.07. The van der Waals surface area contributed by atoms with Crippen molar-refractivity contribution in [1.82, 2.24) is 5.32 Å². The summed E-state index contributed by atoms with van der Waals surface area (Å²) >= 11 is 0. The Hall–Kier alpha value is -1.15. The van der Waals surface area contributed by atoms with Crippen LogP contribution in [-0.2, 0) is 6.42 Å². The molecule has 0 heterocycles. The van der Waals surface area contributed by atoms with Crippen molar-refractivity contribution in [1.29, 1.82) is 0 Å². The summed E-state index contributed by atoms with van der Waals surface area (Å²) in [6.07, 6.45) is 1.01. The largest absolute Gasteiger partial charge is 0.307 e. The molecule has 0 atom stereocenters. The summed E-state index contributed by atoms with van der Waals surface area (Å²) < 4.78 is 0. The van der Waals surface area contributed by atoms with Crippen molar-refractivity contribution in [3.63, 3.8) is 0 Å². The van der Waals surface area contributed by atoms with Gasteiger partial charge in [-0.2, -0.15) is 0 Å². The molecule has 0 amide bonds. The van der Waals surface area contributed by atoms with E-state index in [1.807, 2.05) is 38.1 Å². The molecule has 0 radical (unpaired) electrons. The van der Waals surface area contributed by atoms with Crippen LogP contribution in [0.5, 0.6) is 0 Å². The summed E-state index contributed by atoms with van der Waals surface area (Å²) in [6, 6.07) is 8.20. The predicted octanol–water partition coefficient (Wildman–Crippen LogP) is 2.43. The Balaban J connectivity index is 2.58. The highest BCUT2D eigenvalue weighted by molar-refractivity contribution is 5.97. The standard InChI is InChI=1S/C13H19NO/c1-4-11-5-7-12(8-6-11)13(15)9-14-10(2)3/h5-8,10,14H,4,9H2,1-3H3. The van der Waals surface area contributed by atoms with Crippen LogP contribution in [0.3, 0.4) is 0 Å². The molecule has 2 heteroatoms. The van der Waals surface area contributed by atoms with Crippen molar-refractivity contribution in [2.75, 3.05) is 6.54 Å². The number of nitrogens with one attached hydrogen (secondary N) is 1. The topological polar surface area (TPSA) is 29.1 Å². The highest BCUT2D eigenvalue weighted by Gasteiger charge is 2.05. The number of ketones is 1. The molecule has 0 fully saturated rings. The quantitative estimate of drug-likeness (QED) is 0.748. The average Bonchev–Trinajstić information content (AvgIpc) is 2.26. The molecular weight excluding hydrogens is 186 g/mol. The van der Waals surface area contributed by atoms with Crippen molar-refractivity contribution in [2.24, 2.45) is 0 Å². The van der Waals surface area contributed by atoms with Gasteiger partial charge in [-0.25, -0.2) is 0 Å². The summed E-state index contributed by atoms with van der Waals surface area (Å²) in [4.78, 5) is 11.7. The van der Waals surface area contributed by atoms with E-state index in [9.17, 15) is 4.79 Å². The van der Waals surface area contributed by atoms with Gasteiger partial charge in [0.15, 0.2) is 5.78 Å². The lowest BCUT2D eigenvalue weighted by molar-refractivity contribution is 0.0988. The van der Waals surface area contributed by atoms with Gasteiger partial charge in [0.25, 0.3) is 0 Å². The van der Waals surface area contributed by atoms with Gasteiger partial charge in [0, 0.05) is 11.6 Å². The van der Waals surface area contributed by atoms with Crippen LogP contribution in [0.15, 0.2) is 24.3 Å². The molecule has 1 rings (SSSR count). The summed E-state index contributed by atoms with van der Waals surface area (Å²) in [5, 5.41) is 3.12. The van der Waals surface area contributed by atoms with E-state index in [-0.39, 0.29) is 5.78 Å². The van der Waals surface area contributed by atoms with E-state index in [1.165, 1.54) is 5.56 Å². The van der Waals surface area contributed by atoms with Gasteiger partial charge in [0.05, 0.1) is 6.54 Å². The second-order valence-electron chi connectivity index (χ2n) is 4.01. The number of carbonyl (C=O) groups excluding carboxylic acids is 1. The van der Waals surface area contributed by atoms with Gasteiger partial charge in [0.1, 0.15) is 0 Å². The van der Waals surface area contributed by atoms with E-state index in [0.29, 0.717) is 12.6 Å². The molecule has 0 spiro atoms. The van der Waals surface area contributed by atoms with E-state index in [4.69, 9.17) is 0 Å². The SMILES string of the molecule is CCc1ccc(C(=O)CNC(C)C)cc1. The van der Waals surface area contributed by atoms with Crippen molar-refractivity contribution < 1.29 is 4.79 Å². The van der Waals surface area contributed by atoms with Crippen LogP contribution >= 0.6 is 0 Å². The molecule has 1 aromatic carbocycles. The zero-order valence-electron chi connectivity index (χ0n) is 9.71. The monoisotopic (exact) mass is 205 g/mol. The zero-order valence-corrected chi connectivity index (χ0v) is 9.71. The molecule has 0 saturated carbocycles. The molecule has 2 nitrogen and oxygen atoms in total. The second-order valence-corrected chi connectivity index (χ2v) is 4.01. The summed E-state index contributed by atoms with van der Waals surface area (Å²) in [6.45, 7) is 6.60. The third kappa shape index (κ3) is 3.84. The fraction of sp³-hybridized carbons (Fsp3) is 0.462. The number of rotatable bonds is 5. The van der Waals surface area contributed by atoms with E-state index in [0.717, 1.165) is 12.0 Å². The molecular formula is C13H19NO. The first-order chi connectivity index (χ1) is 7.13. The van der Waals surface area contributed by atoms with Crippen molar-refractivity contribution >= 4 is 5.78 Å². The summed E-state index contributed by atoms with van der Waals surface area (Å²) in [5.41, 5.74) is 2.06. The first-order valence-electron chi connectivity index (χ1n) is 5.49. The number of hydrogen-bond donors (Lipinski definition) is 1. The molecule has 15 heavy (non-hydrogen) atoms. The van der Waals surface area contributed by atoms with E-state index < -0.39 is 0 Å². The van der Waals surface area contributed by atoms with E-state index in [1.54, 1.807) is 0 Å². The molecule has 0 aliphatic rings. The number of benzene rings is 1. The molecule has 0 aromatic heterocycles. The van der Waals surface area contributed by atoms with Gasteiger partial charge < -0.3 is 5.32 Å². The van der Waals surface area contributed by atoms with Crippen LogP contribution in [0.4, 0.5) is 0 Å². The van der Waals surface area contributed by atoms with Crippen molar-refractivity contribution in [3.05, 3.63) is 35.4 Å². The third-order valence-electron chi connectivity index (χ3n) is 2.36. The Morgan fingerprint density at radius 3 is 2.33 bits per heavy atom. The van der Waals surface area contributed by atoms with E-state index in [2.05, 4.69) is 12.2 Å². The lowest BCUT2D eigenvalue weighted by Crippen LogP contribution is -2.29. The predicted molar refractivity (Wildman–Crippen MR) is 63.3 cm³/mol. The highest BCUT2D eigenvalue weighted by Crippen LogP contribution is 2.05. The summed E-state index contributed by atoms with van der Waals surface area (Å²) in [7, 11) is 0. The Morgan fingerprint density at radius 1 is 1.27 bits per heavy atom. The zero-order chi connectivity index (χ0) is 11.3. The molecule has 0 aliphatic carbocycles. The first-order valence-corrected chi connectivity index (χ1v) is 5.49. The second kappa shape index (κ2) is 5.66. The van der Waals surface area contributed by atoms with Crippen LogP contribution in [0, 0.1) is 0 Å². The van der Waals surface area contributed by atoms with Gasteiger partial charge in [-0.3, -0.25) is 4.79 Å². The molecule has 1 aromatic rings. The fourth-order valence-corrected chi connectivity index (χ4v) is 1.33. The lowest BCUT2D eigenvalue weighted by atomic mass is 10.1. The molecule has 1 N–H and O–H groups in total. The van der Waals surface area contributed by atoms with Crippen molar-refractivity contribution in [2.45, 2.75) is 33.2 Å². The van der Waals surface area contributed by atoms with Crippen LogP contribution < -0.4 is 5.32 Å². The number of aryl methyl sites for hydroxylation is 1. The minimum atomic E-state index is 0.159. The van der Waals surface area contributed by atoms with Gasteiger partial charge in [-0.15, -0.1) is 0 Å². The Labute approximate surface area is 91.7 Å². The van der Waals surface area contributed by atoms with Crippen LogP contribution in [0.1, 0.15) is 36.7 Å². The molecule has 82 valence electrons. The Morgan fingerprint density at radius 2 is 1.87 bits per heavy atom. The average molecular weight is 205 g/mol. The maximum Gasteiger partial charge on any atom is 0.176 e. The number of carbonyl (C=O) groups is 1. The molecule has 0 aliphatic heterocycles. The fourth-order valence-electron chi connectivity index (χ4n) is 1.33. The van der Waals surface area contributed by atoms with Gasteiger partial charge in [-0.1, -0.05) is 45.0 Å². The van der Waals surface area contributed by atoms with Gasteiger partial charge in [0.2, 0.25) is 0 Å². The maximum absolute atomic E-state index is 11.7. The maximum atomic E-state index is 11.7. The van der Waals surface area contributed by atoms with Gasteiger partial charge in [-0.05, 0) is 12.0 Å². The molecule has 0 unspecified atom stereocenters. The third-order valence-corrected chi connectivity index (χ3v) is 2.36. The van der Waals surface area contributed by atoms with Crippen LogP contribution in [-0.4, -0.2) is 18.4 Å². The highest BCUT2D eigenvalue weighted by atomic mass is 16.1. The van der Waals surface area contributed by atoms with Crippen molar-refractivity contribution in [3.8, 4) is 0 Å². The first kappa shape index (κ1) is 11.9. The molecule has 0 saturated heterocycles. The van der Waals surface area contributed by atoms with Crippen LogP contribution in [0.2, 0.25) is 0 Å². The van der Waals surface area contributed by atoms with Gasteiger partial charge >= 0.3 is 0 Å². The summed E-state index contributed by atoms with van der Waals surface area (Å²) in [5.74, 6) is 0.159. The van der Waals surface area contributed by atoms with Crippen LogP contribution in [0.25, 0.3) is 0 Å². The smallest absolute Gasteiger partial charge is 0.176 e. The Kier molecular flexibility index (Phi) is 4.50. The normalized spacial score (nSPS) is 10.7. The minimum Gasteiger partial charge on any atom is -0.307 e. The van der Waals surface area contributed by atoms with E-state index >= 15 is 0 Å².